The lowest BCUT2D eigenvalue weighted by Gasteiger charge is -2.31. The third kappa shape index (κ3) is 3.25. The van der Waals surface area contributed by atoms with Crippen molar-refractivity contribution in [1.82, 2.24) is 10.6 Å². The Morgan fingerprint density at radius 2 is 2.06 bits per heavy atom. The Balaban J connectivity index is 1.77. The summed E-state index contributed by atoms with van der Waals surface area (Å²) in [6, 6.07) is 0.575. The van der Waals surface area contributed by atoms with Crippen LogP contribution in [0.4, 0.5) is 0 Å². The Morgan fingerprint density at radius 1 is 1.33 bits per heavy atom. The van der Waals surface area contributed by atoms with E-state index in [9.17, 15) is 4.79 Å². The minimum Gasteiger partial charge on any atom is -0.355 e. The molecule has 3 nitrogen and oxygen atoms in total. The van der Waals surface area contributed by atoms with Crippen LogP contribution in [0, 0.1) is 11.3 Å². The number of carbonyl (C=O) groups is 1. The second-order valence-corrected chi connectivity index (χ2v) is 6.36. The molecule has 1 heterocycles. The van der Waals surface area contributed by atoms with Gasteiger partial charge >= 0.3 is 0 Å². The lowest BCUT2D eigenvalue weighted by molar-refractivity contribution is -0.126. The molecule has 2 aliphatic rings. The molecule has 1 saturated heterocycles. The number of piperidine rings is 1. The Morgan fingerprint density at radius 3 is 2.61 bits per heavy atom. The van der Waals surface area contributed by atoms with Gasteiger partial charge in [0.2, 0.25) is 5.91 Å². The van der Waals surface area contributed by atoms with Gasteiger partial charge in [-0.1, -0.05) is 19.8 Å². The fourth-order valence-electron chi connectivity index (χ4n) is 3.42. The zero-order valence-corrected chi connectivity index (χ0v) is 11.9. The van der Waals surface area contributed by atoms with Crippen LogP contribution in [-0.2, 0) is 4.79 Å². The summed E-state index contributed by atoms with van der Waals surface area (Å²) in [5.41, 5.74) is 0.408. The number of amides is 1. The van der Waals surface area contributed by atoms with E-state index >= 15 is 0 Å². The Labute approximate surface area is 111 Å². The van der Waals surface area contributed by atoms with Crippen molar-refractivity contribution in [3.05, 3.63) is 0 Å². The van der Waals surface area contributed by atoms with E-state index in [4.69, 9.17) is 0 Å². The van der Waals surface area contributed by atoms with Crippen LogP contribution in [0.15, 0.2) is 0 Å². The monoisotopic (exact) mass is 252 g/mol. The van der Waals surface area contributed by atoms with Crippen LogP contribution in [0.5, 0.6) is 0 Å². The lowest BCUT2D eigenvalue weighted by Crippen LogP contribution is -2.46. The molecule has 1 saturated carbocycles. The summed E-state index contributed by atoms with van der Waals surface area (Å²) < 4.78 is 0. The Kier molecular flexibility index (Phi) is 4.66. The van der Waals surface area contributed by atoms with Crippen molar-refractivity contribution in [2.75, 3.05) is 13.1 Å². The van der Waals surface area contributed by atoms with Gasteiger partial charge in [0.25, 0.3) is 0 Å². The van der Waals surface area contributed by atoms with E-state index in [0.29, 0.717) is 11.5 Å². The fraction of sp³-hybridized carbons (Fsp3) is 0.933. The fourth-order valence-corrected chi connectivity index (χ4v) is 3.42. The first-order chi connectivity index (χ1) is 8.65. The molecule has 2 atom stereocenters. The van der Waals surface area contributed by atoms with Crippen molar-refractivity contribution in [2.45, 2.75) is 64.8 Å². The second kappa shape index (κ2) is 6.05. The van der Waals surface area contributed by atoms with Crippen LogP contribution in [-0.4, -0.2) is 25.0 Å². The quantitative estimate of drug-likeness (QED) is 0.807. The maximum absolute atomic E-state index is 12.2. The second-order valence-electron chi connectivity index (χ2n) is 6.36. The zero-order valence-electron chi connectivity index (χ0n) is 11.9. The molecule has 2 fully saturated rings. The zero-order chi connectivity index (χ0) is 13.0. The van der Waals surface area contributed by atoms with Gasteiger partial charge in [0.05, 0.1) is 5.92 Å². The smallest absolute Gasteiger partial charge is 0.224 e. The Bertz CT molecular complexity index is 276. The van der Waals surface area contributed by atoms with Crippen LogP contribution in [0.1, 0.15) is 58.8 Å². The number of carbonyl (C=O) groups excluding carboxylic acids is 1. The molecule has 0 radical (unpaired) electrons. The van der Waals surface area contributed by atoms with Gasteiger partial charge in [-0.15, -0.1) is 0 Å². The maximum atomic E-state index is 12.2. The predicted octanol–water partition coefficient (Wildman–Crippen LogP) is 2.46. The van der Waals surface area contributed by atoms with Crippen molar-refractivity contribution >= 4 is 5.91 Å². The largest absolute Gasteiger partial charge is 0.355 e. The summed E-state index contributed by atoms with van der Waals surface area (Å²) in [4.78, 5) is 12.2. The molecule has 0 bridgehead atoms. The first-order valence-electron chi connectivity index (χ1n) is 7.66. The molecule has 1 amide bonds. The molecule has 104 valence electrons. The van der Waals surface area contributed by atoms with E-state index in [2.05, 4.69) is 24.5 Å². The molecular formula is C15H28N2O. The van der Waals surface area contributed by atoms with Gasteiger partial charge in [-0.05, 0) is 44.4 Å². The minimum absolute atomic E-state index is 0.191. The van der Waals surface area contributed by atoms with E-state index in [0.717, 1.165) is 25.9 Å². The molecule has 18 heavy (non-hydrogen) atoms. The van der Waals surface area contributed by atoms with Crippen LogP contribution >= 0.6 is 0 Å². The summed E-state index contributed by atoms with van der Waals surface area (Å²) in [5.74, 6) is 0.464. The average molecular weight is 252 g/mol. The highest BCUT2D eigenvalue weighted by molar-refractivity contribution is 5.79. The molecule has 2 rings (SSSR count). The molecule has 0 spiro atoms. The van der Waals surface area contributed by atoms with Gasteiger partial charge in [-0.25, -0.2) is 0 Å². The van der Waals surface area contributed by atoms with E-state index in [-0.39, 0.29) is 11.8 Å². The highest BCUT2D eigenvalue weighted by Crippen LogP contribution is 2.40. The highest BCUT2D eigenvalue weighted by Gasteiger charge is 2.33. The minimum atomic E-state index is 0.191. The highest BCUT2D eigenvalue weighted by atomic mass is 16.1. The van der Waals surface area contributed by atoms with Crippen LogP contribution in [0.2, 0.25) is 0 Å². The third-order valence-electron chi connectivity index (χ3n) is 5.08. The van der Waals surface area contributed by atoms with Crippen molar-refractivity contribution in [2.24, 2.45) is 11.3 Å². The van der Waals surface area contributed by atoms with Crippen molar-refractivity contribution in [3.8, 4) is 0 Å². The average Bonchev–Trinajstić information content (AvgIpc) is 2.86. The van der Waals surface area contributed by atoms with Gasteiger partial charge in [-0.3, -0.25) is 4.79 Å². The van der Waals surface area contributed by atoms with Gasteiger partial charge in [-0.2, -0.15) is 0 Å². The van der Waals surface area contributed by atoms with E-state index < -0.39 is 0 Å². The molecule has 3 heteroatoms. The summed E-state index contributed by atoms with van der Waals surface area (Å²) in [6.07, 6.45) is 8.63. The van der Waals surface area contributed by atoms with Crippen LogP contribution in [0.25, 0.3) is 0 Å². The molecule has 1 aliphatic carbocycles. The summed E-state index contributed by atoms with van der Waals surface area (Å²) in [7, 11) is 0. The third-order valence-corrected chi connectivity index (χ3v) is 5.08. The molecule has 2 unspecified atom stereocenters. The molecular weight excluding hydrogens is 224 g/mol. The Hall–Kier alpha value is -0.570. The standard InChI is InChI=1S/C15H28N2O/c1-3-15(8-4-5-9-15)11-17-14(18)13-7-6-12(2)16-10-13/h12-13,16H,3-11H2,1-2H3,(H,17,18). The molecule has 0 aromatic carbocycles. The van der Waals surface area contributed by atoms with E-state index in [1.165, 1.54) is 32.1 Å². The SMILES string of the molecule is CCC1(CNC(=O)C2CCC(C)NC2)CCCC1. The van der Waals surface area contributed by atoms with Crippen molar-refractivity contribution in [1.29, 1.82) is 0 Å². The van der Waals surface area contributed by atoms with Gasteiger partial charge in [0, 0.05) is 19.1 Å². The maximum Gasteiger partial charge on any atom is 0.224 e. The van der Waals surface area contributed by atoms with Gasteiger partial charge in [0.1, 0.15) is 0 Å². The first kappa shape index (κ1) is 13.9. The van der Waals surface area contributed by atoms with E-state index in [1.807, 2.05) is 0 Å². The summed E-state index contributed by atoms with van der Waals surface area (Å²) >= 11 is 0. The van der Waals surface area contributed by atoms with Crippen molar-refractivity contribution < 1.29 is 4.79 Å². The van der Waals surface area contributed by atoms with Crippen LogP contribution < -0.4 is 10.6 Å². The van der Waals surface area contributed by atoms with Gasteiger partial charge < -0.3 is 10.6 Å². The summed E-state index contributed by atoms with van der Waals surface area (Å²) in [6.45, 7) is 6.21. The molecule has 0 aromatic rings. The predicted molar refractivity (Wildman–Crippen MR) is 74.4 cm³/mol. The summed E-state index contributed by atoms with van der Waals surface area (Å²) in [5, 5.41) is 6.63. The molecule has 1 aliphatic heterocycles. The van der Waals surface area contributed by atoms with Crippen molar-refractivity contribution in [3.63, 3.8) is 0 Å². The van der Waals surface area contributed by atoms with Gasteiger partial charge in [0.15, 0.2) is 0 Å². The molecule has 2 N–H and O–H groups in total. The lowest BCUT2D eigenvalue weighted by atomic mass is 9.83. The first-order valence-corrected chi connectivity index (χ1v) is 7.66. The number of rotatable bonds is 4. The number of hydrogen-bond donors (Lipinski definition) is 2. The number of nitrogens with one attached hydrogen (secondary N) is 2. The topological polar surface area (TPSA) is 41.1 Å². The molecule has 0 aromatic heterocycles. The van der Waals surface area contributed by atoms with E-state index in [1.54, 1.807) is 0 Å². The van der Waals surface area contributed by atoms with Crippen LogP contribution in [0.3, 0.4) is 0 Å². The number of hydrogen-bond acceptors (Lipinski definition) is 2. The normalized spacial score (nSPS) is 31.2.